The quantitative estimate of drug-likeness (QED) is 0.845. The molecule has 0 saturated heterocycles. The molecule has 108 valence electrons. The van der Waals surface area contributed by atoms with Gasteiger partial charge in [-0.15, -0.1) is 0 Å². The Bertz CT molecular complexity index is 605. The molecule has 3 rings (SSSR count). The minimum absolute atomic E-state index is 0.0182. The van der Waals surface area contributed by atoms with Crippen molar-refractivity contribution in [2.24, 2.45) is 11.8 Å². The van der Waals surface area contributed by atoms with Gasteiger partial charge in [-0.25, -0.2) is 4.98 Å². The topological polar surface area (TPSA) is 64.1 Å². The molecule has 0 bridgehead atoms. The lowest BCUT2D eigenvalue weighted by molar-refractivity contribution is 0.217. The minimum Gasteiger partial charge on any atom is -0.399 e. The summed E-state index contributed by atoms with van der Waals surface area (Å²) in [5.74, 6) is 2.19. The zero-order valence-electron chi connectivity index (χ0n) is 12.0. The van der Waals surface area contributed by atoms with Crippen LogP contribution in [0.5, 0.6) is 0 Å². The molecule has 1 saturated carbocycles. The standard InChI is InChI=1S/C16H23N3O/c1-11-4-2-3-5-12(11)9-19-15-7-6-13(17)8-14(15)18-16(19)10-20/h6-8,11-12,20H,2-5,9-10,17H2,1H3. The van der Waals surface area contributed by atoms with E-state index in [9.17, 15) is 5.11 Å². The molecule has 20 heavy (non-hydrogen) atoms. The van der Waals surface area contributed by atoms with Crippen LogP contribution >= 0.6 is 0 Å². The van der Waals surface area contributed by atoms with Crippen LogP contribution in [0, 0.1) is 11.8 Å². The SMILES string of the molecule is CC1CCCCC1Cn1c(CO)nc2cc(N)ccc21. The predicted molar refractivity (Wildman–Crippen MR) is 81.2 cm³/mol. The molecule has 1 aliphatic carbocycles. The van der Waals surface area contributed by atoms with Crippen molar-refractivity contribution in [1.82, 2.24) is 9.55 Å². The molecule has 1 fully saturated rings. The molecular formula is C16H23N3O. The first kappa shape index (κ1) is 13.4. The Morgan fingerprint density at radius 2 is 2.15 bits per heavy atom. The highest BCUT2D eigenvalue weighted by Gasteiger charge is 2.23. The maximum Gasteiger partial charge on any atom is 0.135 e. The number of aromatic nitrogens is 2. The number of aliphatic hydroxyl groups is 1. The Labute approximate surface area is 119 Å². The van der Waals surface area contributed by atoms with E-state index in [-0.39, 0.29) is 6.61 Å². The van der Waals surface area contributed by atoms with Gasteiger partial charge in [0.15, 0.2) is 0 Å². The van der Waals surface area contributed by atoms with Gasteiger partial charge in [-0.05, 0) is 36.5 Å². The monoisotopic (exact) mass is 273 g/mol. The Morgan fingerprint density at radius 3 is 2.90 bits per heavy atom. The van der Waals surface area contributed by atoms with Crippen molar-refractivity contribution in [3.8, 4) is 0 Å². The number of nitrogen functional groups attached to an aromatic ring is 1. The summed E-state index contributed by atoms with van der Waals surface area (Å²) in [6.45, 7) is 3.28. The van der Waals surface area contributed by atoms with E-state index in [0.717, 1.165) is 35.0 Å². The van der Waals surface area contributed by atoms with E-state index in [0.29, 0.717) is 5.92 Å². The number of fused-ring (bicyclic) bond motifs is 1. The van der Waals surface area contributed by atoms with Crippen LogP contribution < -0.4 is 5.73 Å². The number of hydrogen-bond donors (Lipinski definition) is 2. The number of nitrogens with zero attached hydrogens (tertiary/aromatic N) is 2. The molecule has 4 heteroatoms. The van der Waals surface area contributed by atoms with E-state index in [1.165, 1.54) is 25.7 Å². The molecule has 0 spiro atoms. The molecule has 3 N–H and O–H groups in total. The van der Waals surface area contributed by atoms with Crippen LogP contribution in [0.25, 0.3) is 11.0 Å². The molecule has 1 heterocycles. The van der Waals surface area contributed by atoms with Gasteiger partial charge in [0, 0.05) is 12.2 Å². The summed E-state index contributed by atoms with van der Waals surface area (Å²) in [5.41, 5.74) is 8.51. The van der Waals surface area contributed by atoms with Crippen molar-refractivity contribution in [3.63, 3.8) is 0 Å². The van der Waals surface area contributed by atoms with Crippen molar-refractivity contribution in [2.75, 3.05) is 5.73 Å². The van der Waals surface area contributed by atoms with E-state index in [4.69, 9.17) is 5.73 Å². The van der Waals surface area contributed by atoms with Crippen LogP contribution in [0.1, 0.15) is 38.4 Å². The maximum absolute atomic E-state index is 9.57. The van der Waals surface area contributed by atoms with Crippen LogP contribution in [-0.4, -0.2) is 14.7 Å². The first-order chi connectivity index (χ1) is 9.69. The zero-order chi connectivity index (χ0) is 14.1. The van der Waals surface area contributed by atoms with Gasteiger partial charge < -0.3 is 15.4 Å². The fraction of sp³-hybridized carbons (Fsp3) is 0.562. The van der Waals surface area contributed by atoms with Crippen LogP contribution in [-0.2, 0) is 13.2 Å². The first-order valence-electron chi connectivity index (χ1n) is 7.54. The zero-order valence-corrected chi connectivity index (χ0v) is 12.0. The summed E-state index contributed by atoms with van der Waals surface area (Å²) < 4.78 is 2.18. The van der Waals surface area contributed by atoms with Gasteiger partial charge >= 0.3 is 0 Å². The summed E-state index contributed by atoms with van der Waals surface area (Å²) >= 11 is 0. The lowest BCUT2D eigenvalue weighted by Gasteiger charge is -2.29. The smallest absolute Gasteiger partial charge is 0.135 e. The number of aliphatic hydroxyl groups excluding tert-OH is 1. The van der Waals surface area contributed by atoms with Crippen molar-refractivity contribution < 1.29 is 5.11 Å². The van der Waals surface area contributed by atoms with E-state index >= 15 is 0 Å². The normalized spacial score (nSPS) is 23.3. The van der Waals surface area contributed by atoms with Gasteiger partial charge in [0.05, 0.1) is 11.0 Å². The van der Waals surface area contributed by atoms with E-state index < -0.39 is 0 Å². The molecule has 2 aromatic rings. The first-order valence-corrected chi connectivity index (χ1v) is 7.54. The van der Waals surface area contributed by atoms with E-state index in [1.807, 2.05) is 18.2 Å². The van der Waals surface area contributed by atoms with Gasteiger partial charge in [0.2, 0.25) is 0 Å². The number of hydrogen-bond acceptors (Lipinski definition) is 3. The molecule has 2 atom stereocenters. The number of nitrogens with two attached hydrogens (primary N) is 1. The predicted octanol–water partition coefficient (Wildman–Crippen LogP) is 2.94. The van der Waals surface area contributed by atoms with Gasteiger partial charge in [0.1, 0.15) is 12.4 Å². The second-order valence-corrected chi connectivity index (χ2v) is 6.07. The molecule has 2 unspecified atom stereocenters. The second kappa shape index (κ2) is 5.44. The highest BCUT2D eigenvalue weighted by Crippen LogP contribution is 2.32. The third-order valence-electron chi connectivity index (χ3n) is 4.70. The van der Waals surface area contributed by atoms with Crippen molar-refractivity contribution in [1.29, 1.82) is 0 Å². The summed E-state index contributed by atoms with van der Waals surface area (Å²) in [5, 5.41) is 9.57. The van der Waals surface area contributed by atoms with Gasteiger partial charge in [0.25, 0.3) is 0 Å². The van der Waals surface area contributed by atoms with E-state index in [1.54, 1.807) is 0 Å². The summed E-state index contributed by atoms with van der Waals surface area (Å²) in [6, 6.07) is 5.81. The molecule has 1 aromatic carbocycles. The lowest BCUT2D eigenvalue weighted by Crippen LogP contribution is -2.23. The Kier molecular flexibility index (Phi) is 3.66. The number of imidazole rings is 1. The molecular weight excluding hydrogens is 250 g/mol. The Hall–Kier alpha value is -1.55. The lowest BCUT2D eigenvalue weighted by atomic mass is 9.80. The highest BCUT2D eigenvalue weighted by molar-refractivity contribution is 5.79. The number of benzene rings is 1. The number of anilines is 1. The van der Waals surface area contributed by atoms with Crippen LogP contribution in [0.2, 0.25) is 0 Å². The second-order valence-electron chi connectivity index (χ2n) is 6.07. The largest absolute Gasteiger partial charge is 0.399 e. The molecule has 0 amide bonds. The fourth-order valence-electron chi connectivity index (χ4n) is 3.42. The fourth-order valence-corrected chi connectivity index (χ4v) is 3.42. The summed E-state index contributed by atoms with van der Waals surface area (Å²) in [6.07, 6.45) is 5.27. The molecule has 1 aromatic heterocycles. The van der Waals surface area contributed by atoms with Crippen molar-refractivity contribution >= 4 is 16.7 Å². The van der Waals surface area contributed by atoms with Gasteiger partial charge in [-0.2, -0.15) is 0 Å². The van der Waals surface area contributed by atoms with Gasteiger partial charge in [-0.3, -0.25) is 0 Å². The van der Waals surface area contributed by atoms with Crippen LogP contribution in [0.4, 0.5) is 5.69 Å². The molecule has 4 nitrogen and oxygen atoms in total. The molecule has 1 aliphatic rings. The minimum atomic E-state index is -0.0182. The molecule has 0 radical (unpaired) electrons. The van der Waals surface area contributed by atoms with Crippen LogP contribution in [0.3, 0.4) is 0 Å². The van der Waals surface area contributed by atoms with Crippen molar-refractivity contribution in [2.45, 2.75) is 45.8 Å². The molecule has 0 aliphatic heterocycles. The maximum atomic E-state index is 9.57. The highest BCUT2D eigenvalue weighted by atomic mass is 16.3. The van der Waals surface area contributed by atoms with Crippen LogP contribution in [0.15, 0.2) is 18.2 Å². The average molecular weight is 273 g/mol. The third kappa shape index (κ3) is 2.40. The third-order valence-corrected chi connectivity index (χ3v) is 4.70. The van der Waals surface area contributed by atoms with E-state index in [2.05, 4.69) is 16.5 Å². The Morgan fingerprint density at radius 1 is 1.35 bits per heavy atom. The Balaban J connectivity index is 1.96. The van der Waals surface area contributed by atoms with Crippen molar-refractivity contribution in [3.05, 3.63) is 24.0 Å². The summed E-state index contributed by atoms with van der Waals surface area (Å²) in [4.78, 5) is 4.52. The summed E-state index contributed by atoms with van der Waals surface area (Å²) in [7, 11) is 0. The number of rotatable bonds is 3. The average Bonchev–Trinajstić information content (AvgIpc) is 2.78. The van der Waals surface area contributed by atoms with Gasteiger partial charge in [-0.1, -0.05) is 26.2 Å².